The Morgan fingerprint density at radius 3 is 2.65 bits per heavy atom. The molecule has 4 heteroatoms. The van der Waals surface area contributed by atoms with Crippen molar-refractivity contribution in [3.05, 3.63) is 42.2 Å². The van der Waals surface area contributed by atoms with Gasteiger partial charge in [0, 0.05) is 22.9 Å². The standard InChI is InChI=1S/C16H20N2O2/c1-4-20-14(19)10-16(2,3)13-11-17-15(18-13)12-8-6-5-7-9-12/h5-9,11H,4,10H2,1-3H3,(H,17,18). The molecule has 106 valence electrons. The summed E-state index contributed by atoms with van der Waals surface area (Å²) >= 11 is 0. The highest BCUT2D eigenvalue weighted by Crippen LogP contribution is 2.28. The number of hydrogen-bond donors (Lipinski definition) is 1. The van der Waals surface area contributed by atoms with Crippen molar-refractivity contribution in [3.63, 3.8) is 0 Å². The molecule has 0 aliphatic carbocycles. The normalized spacial score (nSPS) is 11.3. The molecule has 0 unspecified atom stereocenters. The summed E-state index contributed by atoms with van der Waals surface area (Å²) in [7, 11) is 0. The lowest BCUT2D eigenvalue weighted by atomic mass is 9.86. The maximum Gasteiger partial charge on any atom is 0.306 e. The fourth-order valence-corrected chi connectivity index (χ4v) is 2.08. The summed E-state index contributed by atoms with van der Waals surface area (Å²) in [6, 6.07) is 9.92. The third-order valence-corrected chi connectivity index (χ3v) is 3.24. The zero-order valence-electron chi connectivity index (χ0n) is 12.1. The van der Waals surface area contributed by atoms with Gasteiger partial charge in [-0.1, -0.05) is 44.2 Å². The van der Waals surface area contributed by atoms with Crippen molar-refractivity contribution >= 4 is 5.97 Å². The van der Waals surface area contributed by atoms with Gasteiger partial charge in [0.05, 0.1) is 13.0 Å². The fourth-order valence-electron chi connectivity index (χ4n) is 2.08. The Morgan fingerprint density at radius 2 is 2.00 bits per heavy atom. The van der Waals surface area contributed by atoms with Crippen molar-refractivity contribution in [1.82, 2.24) is 9.97 Å². The second-order valence-corrected chi connectivity index (χ2v) is 5.38. The van der Waals surface area contributed by atoms with Crippen LogP contribution < -0.4 is 0 Å². The van der Waals surface area contributed by atoms with Crippen LogP contribution in [0.15, 0.2) is 36.5 Å². The maximum atomic E-state index is 11.7. The number of aromatic amines is 1. The molecular weight excluding hydrogens is 252 g/mol. The molecule has 0 fully saturated rings. The lowest BCUT2D eigenvalue weighted by molar-refractivity contribution is -0.144. The lowest BCUT2D eigenvalue weighted by Crippen LogP contribution is -2.23. The third-order valence-electron chi connectivity index (χ3n) is 3.24. The first kappa shape index (κ1) is 14.3. The van der Waals surface area contributed by atoms with Gasteiger partial charge in [-0.2, -0.15) is 0 Å². The molecule has 0 saturated heterocycles. The number of benzene rings is 1. The van der Waals surface area contributed by atoms with Crippen LogP contribution in [0.1, 0.15) is 32.9 Å². The van der Waals surface area contributed by atoms with Crippen molar-refractivity contribution < 1.29 is 9.53 Å². The molecule has 2 aromatic rings. The maximum absolute atomic E-state index is 11.7. The van der Waals surface area contributed by atoms with Crippen LogP contribution in [0.25, 0.3) is 11.4 Å². The van der Waals surface area contributed by atoms with Gasteiger partial charge in [0.2, 0.25) is 0 Å². The second-order valence-electron chi connectivity index (χ2n) is 5.38. The van der Waals surface area contributed by atoms with E-state index in [2.05, 4.69) is 9.97 Å². The zero-order valence-corrected chi connectivity index (χ0v) is 12.1. The molecule has 0 saturated carbocycles. The molecule has 0 aliphatic rings. The first-order chi connectivity index (χ1) is 9.53. The summed E-state index contributed by atoms with van der Waals surface area (Å²) in [4.78, 5) is 19.3. The predicted molar refractivity (Wildman–Crippen MR) is 78.3 cm³/mol. The second kappa shape index (κ2) is 5.90. The van der Waals surface area contributed by atoms with Crippen LogP contribution in [-0.2, 0) is 14.9 Å². The number of hydrogen-bond acceptors (Lipinski definition) is 3. The van der Waals surface area contributed by atoms with E-state index in [4.69, 9.17) is 4.74 Å². The Kier molecular flexibility index (Phi) is 4.23. The minimum Gasteiger partial charge on any atom is -0.466 e. The number of nitrogens with zero attached hydrogens (tertiary/aromatic N) is 1. The van der Waals surface area contributed by atoms with E-state index in [0.29, 0.717) is 13.0 Å². The van der Waals surface area contributed by atoms with Crippen LogP contribution >= 0.6 is 0 Å². The molecule has 1 aromatic heterocycles. The Balaban J connectivity index is 2.17. The smallest absolute Gasteiger partial charge is 0.306 e. The highest BCUT2D eigenvalue weighted by Gasteiger charge is 2.27. The summed E-state index contributed by atoms with van der Waals surface area (Å²) in [5, 5.41) is 0. The average molecular weight is 272 g/mol. The lowest BCUT2D eigenvalue weighted by Gasteiger charge is -2.21. The third kappa shape index (κ3) is 3.26. The summed E-state index contributed by atoms with van der Waals surface area (Å²) in [5.74, 6) is 0.630. The van der Waals surface area contributed by atoms with Crippen molar-refractivity contribution in [3.8, 4) is 11.4 Å². The minimum absolute atomic E-state index is 0.187. The first-order valence-electron chi connectivity index (χ1n) is 6.79. The minimum atomic E-state index is -0.327. The molecule has 0 aliphatic heterocycles. The number of esters is 1. The molecule has 0 spiro atoms. The van der Waals surface area contributed by atoms with Gasteiger partial charge in [-0.25, -0.2) is 4.98 Å². The number of carbonyl (C=O) groups is 1. The summed E-state index contributed by atoms with van der Waals surface area (Å²) < 4.78 is 5.02. The number of aromatic nitrogens is 2. The first-order valence-corrected chi connectivity index (χ1v) is 6.79. The largest absolute Gasteiger partial charge is 0.466 e. The molecule has 0 radical (unpaired) electrons. The Bertz CT molecular complexity index is 573. The fraction of sp³-hybridized carbons (Fsp3) is 0.375. The van der Waals surface area contributed by atoms with Gasteiger partial charge in [0.1, 0.15) is 5.82 Å². The van der Waals surface area contributed by atoms with Crippen LogP contribution in [0.4, 0.5) is 0 Å². The van der Waals surface area contributed by atoms with Crippen LogP contribution in [0.2, 0.25) is 0 Å². The SMILES string of the molecule is CCOC(=O)CC(C)(C)c1cnc(-c2ccccc2)[nH]1. The average Bonchev–Trinajstić information content (AvgIpc) is 2.90. The Hall–Kier alpha value is -2.10. The number of rotatable bonds is 5. The molecule has 4 nitrogen and oxygen atoms in total. The quantitative estimate of drug-likeness (QED) is 0.850. The van der Waals surface area contributed by atoms with Crippen molar-refractivity contribution in [1.29, 1.82) is 0 Å². The highest BCUT2D eigenvalue weighted by molar-refractivity contribution is 5.71. The summed E-state index contributed by atoms with van der Waals surface area (Å²) in [6.45, 7) is 6.24. The van der Waals surface area contributed by atoms with Gasteiger partial charge in [0.25, 0.3) is 0 Å². The van der Waals surface area contributed by atoms with E-state index in [1.165, 1.54) is 0 Å². The zero-order chi connectivity index (χ0) is 14.6. The van der Waals surface area contributed by atoms with E-state index in [1.807, 2.05) is 51.1 Å². The van der Waals surface area contributed by atoms with Crippen molar-refractivity contribution in [2.75, 3.05) is 6.61 Å². The van der Waals surface area contributed by atoms with Crippen LogP contribution in [0.3, 0.4) is 0 Å². The topological polar surface area (TPSA) is 55.0 Å². The monoisotopic (exact) mass is 272 g/mol. The highest BCUT2D eigenvalue weighted by atomic mass is 16.5. The summed E-state index contributed by atoms with van der Waals surface area (Å²) in [5.41, 5.74) is 1.64. The molecule has 0 atom stereocenters. The van der Waals surface area contributed by atoms with E-state index in [0.717, 1.165) is 17.1 Å². The van der Waals surface area contributed by atoms with Gasteiger partial charge in [0.15, 0.2) is 0 Å². The van der Waals surface area contributed by atoms with Gasteiger partial charge in [-0.3, -0.25) is 4.79 Å². The van der Waals surface area contributed by atoms with Gasteiger partial charge < -0.3 is 9.72 Å². The van der Waals surface area contributed by atoms with Gasteiger partial charge >= 0.3 is 5.97 Å². The molecule has 0 amide bonds. The molecule has 1 aromatic carbocycles. The molecule has 2 rings (SSSR count). The van der Waals surface area contributed by atoms with Crippen LogP contribution in [0.5, 0.6) is 0 Å². The Morgan fingerprint density at radius 1 is 1.30 bits per heavy atom. The number of ether oxygens (including phenoxy) is 1. The van der Waals surface area contributed by atoms with Crippen LogP contribution in [0, 0.1) is 0 Å². The van der Waals surface area contributed by atoms with Crippen molar-refractivity contribution in [2.45, 2.75) is 32.6 Å². The molecule has 1 N–H and O–H groups in total. The van der Waals surface area contributed by atoms with Gasteiger partial charge in [-0.15, -0.1) is 0 Å². The number of nitrogens with one attached hydrogen (secondary N) is 1. The molecule has 0 bridgehead atoms. The number of carbonyl (C=O) groups excluding carboxylic acids is 1. The predicted octanol–water partition coefficient (Wildman–Crippen LogP) is 3.31. The molecule has 1 heterocycles. The van der Waals surface area contributed by atoms with E-state index in [-0.39, 0.29) is 11.4 Å². The van der Waals surface area contributed by atoms with Gasteiger partial charge in [-0.05, 0) is 6.92 Å². The van der Waals surface area contributed by atoms with E-state index >= 15 is 0 Å². The van der Waals surface area contributed by atoms with E-state index < -0.39 is 0 Å². The van der Waals surface area contributed by atoms with E-state index in [1.54, 1.807) is 6.20 Å². The molecular formula is C16H20N2O2. The Labute approximate surface area is 119 Å². The molecule has 20 heavy (non-hydrogen) atoms. The van der Waals surface area contributed by atoms with E-state index in [9.17, 15) is 4.79 Å². The van der Waals surface area contributed by atoms with Crippen molar-refractivity contribution in [2.24, 2.45) is 0 Å². The van der Waals surface area contributed by atoms with Crippen LogP contribution in [-0.4, -0.2) is 22.5 Å². The number of imidazole rings is 1. The number of H-pyrrole nitrogens is 1. The summed E-state index contributed by atoms with van der Waals surface area (Å²) in [6.07, 6.45) is 2.12.